The Kier molecular flexibility index (Phi) is 4.39. The molecule has 120 valence electrons. The molecule has 0 bridgehead atoms. The lowest BCUT2D eigenvalue weighted by atomic mass is 10.2. The van der Waals surface area contributed by atoms with Gasteiger partial charge < -0.3 is 10.1 Å². The summed E-state index contributed by atoms with van der Waals surface area (Å²) >= 11 is 5.26. The number of nitrogens with zero attached hydrogens (tertiary/aromatic N) is 1. The summed E-state index contributed by atoms with van der Waals surface area (Å²) in [4.78, 5) is 24.9. The van der Waals surface area contributed by atoms with Gasteiger partial charge in [-0.1, -0.05) is 30.3 Å². The second-order valence-electron chi connectivity index (χ2n) is 5.13. The van der Waals surface area contributed by atoms with Crippen molar-refractivity contribution in [2.75, 3.05) is 4.90 Å². The predicted molar refractivity (Wildman–Crippen MR) is 95.4 cm³/mol. The second kappa shape index (κ2) is 6.64. The van der Waals surface area contributed by atoms with Crippen LogP contribution in [0.1, 0.15) is 12.5 Å². The normalized spacial score (nSPS) is 15.5. The van der Waals surface area contributed by atoms with Gasteiger partial charge in [0.05, 0.1) is 5.69 Å². The van der Waals surface area contributed by atoms with Gasteiger partial charge in [-0.2, -0.15) is 0 Å². The second-order valence-corrected chi connectivity index (χ2v) is 5.51. The minimum Gasteiger partial charge on any atom is -0.427 e. The van der Waals surface area contributed by atoms with E-state index in [-0.39, 0.29) is 11.9 Å². The lowest BCUT2D eigenvalue weighted by Crippen LogP contribution is -2.30. The molecule has 0 unspecified atom stereocenters. The van der Waals surface area contributed by atoms with Crippen LogP contribution in [0.2, 0.25) is 0 Å². The molecule has 1 aliphatic rings. The highest BCUT2D eigenvalue weighted by molar-refractivity contribution is 7.80. The molecule has 3 rings (SSSR count). The van der Waals surface area contributed by atoms with Crippen molar-refractivity contribution in [3.05, 3.63) is 65.9 Å². The van der Waals surface area contributed by atoms with Crippen molar-refractivity contribution in [2.24, 2.45) is 0 Å². The number of amides is 1. The predicted octanol–water partition coefficient (Wildman–Crippen LogP) is 2.87. The van der Waals surface area contributed by atoms with Crippen LogP contribution in [0, 0.1) is 0 Å². The van der Waals surface area contributed by atoms with E-state index in [0.717, 1.165) is 5.56 Å². The van der Waals surface area contributed by atoms with Gasteiger partial charge in [-0.25, -0.2) is 0 Å². The minimum absolute atomic E-state index is 0.213. The van der Waals surface area contributed by atoms with Crippen LogP contribution in [0.25, 0.3) is 6.08 Å². The summed E-state index contributed by atoms with van der Waals surface area (Å²) in [5, 5.41) is 3.27. The molecule has 2 aromatic rings. The summed E-state index contributed by atoms with van der Waals surface area (Å²) in [5.41, 5.74) is 1.90. The SMILES string of the molecule is CC(=O)Oc1ccc(C=C2NC(=S)N(c3ccccc3)C2=O)cc1. The molecule has 1 fully saturated rings. The Bertz CT molecular complexity index is 829. The van der Waals surface area contributed by atoms with Gasteiger partial charge in [-0.05, 0) is 48.1 Å². The van der Waals surface area contributed by atoms with Crippen LogP contribution in [0.5, 0.6) is 5.75 Å². The maximum atomic E-state index is 12.6. The minimum atomic E-state index is -0.377. The molecule has 0 saturated carbocycles. The van der Waals surface area contributed by atoms with E-state index in [1.54, 1.807) is 30.3 Å². The summed E-state index contributed by atoms with van der Waals surface area (Å²) in [5.74, 6) is -0.135. The number of hydrogen-bond acceptors (Lipinski definition) is 4. The smallest absolute Gasteiger partial charge is 0.308 e. The van der Waals surface area contributed by atoms with Gasteiger partial charge in [0.2, 0.25) is 0 Å². The van der Waals surface area contributed by atoms with E-state index < -0.39 is 0 Å². The van der Waals surface area contributed by atoms with E-state index in [9.17, 15) is 9.59 Å². The van der Waals surface area contributed by atoms with Crippen molar-refractivity contribution in [1.82, 2.24) is 5.32 Å². The molecule has 0 aromatic heterocycles. The van der Waals surface area contributed by atoms with E-state index in [1.807, 2.05) is 30.3 Å². The largest absolute Gasteiger partial charge is 0.427 e. The highest BCUT2D eigenvalue weighted by atomic mass is 32.1. The molecular formula is C18H14N2O3S. The van der Waals surface area contributed by atoms with Gasteiger partial charge >= 0.3 is 5.97 Å². The van der Waals surface area contributed by atoms with Crippen molar-refractivity contribution < 1.29 is 14.3 Å². The summed E-state index contributed by atoms with van der Waals surface area (Å²) in [6.07, 6.45) is 1.70. The molecule has 1 amide bonds. The highest BCUT2D eigenvalue weighted by Gasteiger charge is 2.31. The standard InChI is InChI=1S/C18H14N2O3S/c1-12(21)23-15-9-7-13(8-10-15)11-16-17(22)20(18(24)19-16)14-5-3-2-4-6-14/h2-11H,1H3,(H,19,24). The number of carbonyl (C=O) groups excluding carboxylic acids is 2. The molecule has 6 heteroatoms. The Morgan fingerprint density at radius 2 is 1.79 bits per heavy atom. The first kappa shape index (κ1) is 15.9. The Balaban J connectivity index is 1.82. The number of hydrogen-bond donors (Lipinski definition) is 1. The third-order valence-corrected chi connectivity index (χ3v) is 3.63. The first-order chi connectivity index (χ1) is 11.5. The van der Waals surface area contributed by atoms with Gasteiger partial charge in [0, 0.05) is 6.92 Å². The van der Waals surface area contributed by atoms with Crippen LogP contribution in [0.3, 0.4) is 0 Å². The van der Waals surface area contributed by atoms with E-state index in [1.165, 1.54) is 11.8 Å². The van der Waals surface area contributed by atoms with Crippen molar-refractivity contribution in [3.63, 3.8) is 0 Å². The van der Waals surface area contributed by atoms with Crippen LogP contribution in [0.15, 0.2) is 60.3 Å². The summed E-state index contributed by atoms with van der Waals surface area (Å²) in [7, 11) is 0. The van der Waals surface area contributed by atoms with Crippen LogP contribution < -0.4 is 15.0 Å². The molecule has 0 aliphatic carbocycles. The third-order valence-electron chi connectivity index (χ3n) is 3.35. The van der Waals surface area contributed by atoms with E-state index >= 15 is 0 Å². The molecule has 24 heavy (non-hydrogen) atoms. The molecule has 5 nitrogen and oxygen atoms in total. The number of carbonyl (C=O) groups is 2. The zero-order valence-corrected chi connectivity index (χ0v) is 13.7. The Labute approximate surface area is 144 Å². The highest BCUT2D eigenvalue weighted by Crippen LogP contribution is 2.22. The van der Waals surface area contributed by atoms with E-state index in [4.69, 9.17) is 17.0 Å². The van der Waals surface area contributed by atoms with Gasteiger partial charge in [0.1, 0.15) is 11.4 Å². The number of thiocarbonyl (C=S) groups is 1. The fourth-order valence-corrected chi connectivity index (χ4v) is 2.61. The van der Waals surface area contributed by atoms with Crippen molar-refractivity contribution in [1.29, 1.82) is 0 Å². The zero-order valence-electron chi connectivity index (χ0n) is 12.9. The molecule has 1 heterocycles. The average Bonchev–Trinajstić information content (AvgIpc) is 2.83. The molecule has 1 aliphatic heterocycles. The lowest BCUT2D eigenvalue weighted by molar-refractivity contribution is -0.131. The average molecular weight is 338 g/mol. The van der Waals surface area contributed by atoms with Crippen LogP contribution in [0.4, 0.5) is 5.69 Å². The Morgan fingerprint density at radius 3 is 2.42 bits per heavy atom. The van der Waals surface area contributed by atoms with E-state index in [2.05, 4.69) is 5.32 Å². The van der Waals surface area contributed by atoms with Crippen LogP contribution >= 0.6 is 12.2 Å². The lowest BCUT2D eigenvalue weighted by Gasteiger charge is -2.13. The van der Waals surface area contributed by atoms with Gasteiger partial charge in [-0.3, -0.25) is 14.5 Å². The number of ether oxygens (including phenoxy) is 1. The van der Waals surface area contributed by atoms with E-state index in [0.29, 0.717) is 22.2 Å². The van der Waals surface area contributed by atoms with Crippen molar-refractivity contribution in [2.45, 2.75) is 6.92 Å². The quantitative estimate of drug-likeness (QED) is 0.404. The number of benzene rings is 2. The monoisotopic (exact) mass is 338 g/mol. The molecule has 0 radical (unpaired) electrons. The maximum Gasteiger partial charge on any atom is 0.308 e. The van der Waals surface area contributed by atoms with Gasteiger partial charge in [-0.15, -0.1) is 0 Å². The fourth-order valence-electron chi connectivity index (χ4n) is 2.31. The molecule has 1 saturated heterocycles. The Hall–Kier alpha value is -2.99. The molecular weight excluding hydrogens is 324 g/mol. The number of nitrogens with one attached hydrogen (secondary N) is 1. The van der Waals surface area contributed by atoms with Crippen LogP contribution in [-0.4, -0.2) is 17.0 Å². The fraction of sp³-hybridized carbons (Fsp3) is 0.0556. The molecule has 0 atom stereocenters. The number of para-hydroxylation sites is 1. The van der Waals surface area contributed by atoms with Gasteiger partial charge in [0.15, 0.2) is 5.11 Å². The third kappa shape index (κ3) is 3.33. The topological polar surface area (TPSA) is 58.6 Å². The number of anilines is 1. The first-order valence-electron chi connectivity index (χ1n) is 7.25. The summed E-state index contributed by atoms with van der Waals surface area (Å²) in [6, 6.07) is 16.1. The maximum absolute atomic E-state index is 12.6. The molecule has 2 aromatic carbocycles. The summed E-state index contributed by atoms with van der Waals surface area (Å²) in [6.45, 7) is 1.34. The van der Waals surface area contributed by atoms with Crippen LogP contribution in [-0.2, 0) is 9.59 Å². The number of esters is 1. The Morgan fingerprint density at radius 1 is 1.12 bits per heavy atom. The number of rotatable bonds is 3. The van der Waals surface area contributed by atoms with Crippen molar-refractivity contribution >= 4 is 41.0 Å². The summed E-state index contributed by atoms with van der Waals surface area (Å²) < 4.78 is 4.98. The van der Waals surface area contributed by atoms with Gasteiger partial charge in [0.25, 0.3) is 5.91 Å². The zero-order chi connectivity index (χ0) is 17.1. The molecule has 0 spiro atoms. The molecule has 1 N–H and O–H groups in total. The first-order valence-corrected chi connectivity index (χ1v) is 7.66. The van der Waals surface area contributed by atoms with Crippen molar-refractivity contribution in [3.8, 4) is 5.75 Å².